The first-order valence-corrected chi connectivity index (χ1v) is 9.04. The summed E-state index contributed by atoms with van der Waals surface area (Å²) in [5.74, 6) is 1.44. The van der Waals surface area contributed by atoms with Gasteiger partial charge in [-0.3, -0.25) is 0 Å². The van der Waals surface area contributed by atoms with Gasteiger partial charge in [0.25, 0.3) is 0 Å². The molecular formula is C14H28O3S. The maximum Gasteiger partial charge on any atom is 0.150 e. The fourth-order valence-corrected chi connectivity index (χ4v) is 3.31. The normalized spacial score (nSPS) is 20.1. The summed E-state index contributed by atoms with van der Waals surface area (Å²) in [5, 5.41) is 10.7. The summed E-state index contributed by atoms with van der Waals surface area (Å²) in [5.41, 5.74) is -0.604. The van der Waals surface area contributed by atoms with Crippen molar-refractivity contribution in [1.82, 2.24) is 0 Å². The van der Waals surface area contributed by atoms with Crippen molar-refractivity contribution >= 4 is 9.84 Å². The third-order valence-electron chi connectivity index (χ3n) is 4.00. The lowest BCUT2D eigenvalue weighted by atomic mass is 9.85. The van der Waals surface area contributed by atoms with Gasteiger partial charge in [0.2, 0.25) is 0 Å². The summed E-state index contributed by atoms with van der Waals surface area (Å²) >= 11 is 0. The Morgan fingerprint density at radius 2 is 1.89 bits per heavy atom. The maximum atomic E-state index is 11.5. The lowest BCUT2D eigenvalue weighted by Crippen LogP contribution is -2.32. The first kappa shape index (κ1) is 16.0. The monoisotopic (exact) mass is 276 g/mol. The number of sulfone groups is 1. The van der Waals surface area contributed by atoms with E-state index < -0.39 is 15.4 Å². The van der Waals surface area contributed by atoms with Crippen molar-refractivity contribution in [3.63, 3.8) is 0 Å². The van der Waals surface area contributed by atoms with Gasteiger partial charge in [-0.1, -0.05) is 20.8 Å². The van der Waals surface area contributed by atoms with Gasteiger partial charge >= 0.3 is 0 Å². The Bertz CT molecular complexity index is 344. The Morgan fingerprint density at radius 1 is 1.28 bits per heavy atom. The summed E-state index contributed by atoms with van der Waals surface area (Å²) in [4.78, 5) is 0. The van der Waals surface area contributed by atoms with Crippen LogP contribution in [0.25, 0.3) is 0 Å². The quantitative estimate of drug-likeness (QED) is 0.704. The van der Waals surface area contributed by atoms with E-state index in [9.17, 15) is 13.5 Å². The van der Waals surface area contributed by atoms with E-state index in [0.717, 1.165) is 25.7 Å². The lowest BCUT2D eigenvalue weighted by Gasteiger charge is -2.29. The van der Waals surface area contributed by atoms with Gasteiger partial charge in [-0.25, -0.2) is 8.42 Å². The molecule has 1 aliphatic rings. The molecule has 1 fully saturated rings. The summed E-state index contributed by atoms with van der Waals surface area (Å²) in [6.45, 7) is 6.00. The molecule has 0 radical (unpaired) electrons. The van der Waals surface area contributed by atoms with E-state index in [2.05, 4.69) is 13.8 Å². The second-order valence-electron chi connectivity index (χ2n) is 6.15. The molecule has 0 amide bonds. The van der Waals surface area contributed by atoms with Gasteiger partial charge in [0.1, 0.15) is 9.84 Å². The molecule has 0 spiro atoms. The van der Waals surface area contributed by atoms with Crippen LogP contribution in [0.3, 0.4) is 0 Å². The molecule has 108 valence electrons. The molecule has 0 aromatic carbocycles. The van der Waals surface area contributed by atoms with Crippen LogP contribution in [0.2, 0.25) is 0 Å². The summed E-state index contributed by atoms with van der Waals surface area (Å²) in [7, 11) is -2.89. The van der Waals surface area contributed by atoms with Crippen LogP contribution in [-0.2, 0) is 9.84 Å². The standard InChI is InChI=1S/C14H28O3S/c1-4-18(16,17)11-5-9-14(15,13-6-7-13)10-8-12(2)3/h12-13,15H,4-11H2,1-3H3. The fourth-order valence-electron chi connectivity index (χ4n) is 2.44. The van der Waals surface area contributed by atoms with E-state index in [1.54, 1.807) is 6.92 Å². The van der Waals surface area contributed by atoms with Crippen LogP contribution in [0.4, 0.5) is 0 Å². The molecule has 0 bridgehead atoms. The molecule has 4 heteroatoms. The van der Waals surface area contributed by atoms with Gasteiger partial charge in [-0.15, -0.1) is 0 Å². The minimum Gasteiger partial charge on any atom is -0.390 e. The highest BCUT2D eigenvalue weighted by Crippen LogP contribution is 2.45. The van der Waals surface area contributed by atoms with Crippen molar-refractivity contribution in [2.45, 2.75) is 64.9 Å². The van der Waals surface area contributed by atoms with Crippen molar-refractivity contribution in [1.29, 1.82) is 0 Å². The Kier molecular flexibility index (Phi) is 5.66. The number of hydrogen-bond acceptors (Lipinski definition) is 3. The van der Waals surface area contributed by atoms with Gasteiger partial charge in [0, 0.05) is 5.75 Å². The summed E-state index contributed by atoms with van der Waals surface area (Å²) < 4.78 is 22.9. The molecular weight excluding hydrogens is 248 g/mol. The average Bonchev–Trinajstić information content (AvgIpc) is 3.10. The third kappa shape index (κ3) is 5.27. The molecule has 0 heterocycles. The van der Waals surface area contributed by atoms with Crippen LogP contribution >= 0.6 is 0 Å². The van der Waals surface area contributed by atoms with Crippen molar-refractivity contribution in [3.05, 3.63) is 0 Å². The molecule has 0 aliphatic heterocycles. The SMILES string of the molecule is CCS(=O)(=O)CCCC(O)(CCC(C)C)C1CC1. The van der Waals surface area contributed by atoms with Crippen molar-refractivity contribution in [2.24, 2.45) is 11.8 Å². The molecule has 1 saturated carbocycles. The Labute approximate surface area is 112 Å². The van der Waals surface area contributed by atoms with E-state index in [4.69, 9.17) is 0 Å². The first-order valence-electron chi connectivity index (χ1n) is 7.22. The third-order valence-corrected chi connectivity index (χ3v) is 5.79. The van der Waals surface area contributed by atoms with Gasteiger partial charge in [0.05, 0.1) is 11.4 Å². The predicted octanol–water partition coefficient (Wildman–Crippen LogP) is 2.78. The average molecular weight is 276 g/mol. The number of hydrogen-bond donors (Lipinski definition) is 1. The van der Waals surface area contributed by atoms with Gasteiger partial charge in [-0.2, -0.15) is 0 Å². The van der Waals surface area contributed by atoms with Crippen LogP contribution in [0.5, 0.6) is 0 Å². The molecule has 1 unspecified atom stereocenters. The molecule has 0 saturated heterocycles. The maximum absolute atomic E-state index is 11.5. The Balaban J connectivity index is 2.43. The fraction of sp³-hybridized carbons (Fsp3) is 1.00. The highest BCUT2D eigenvalue weighted by atomic mass is 32.2. The topological polar surface area (TPSA) is 54.4 Å². The zero-order valence-electron chi connectivity index (χ0n) is 12.0. The highest BCUT2D eigenvalue weighted by molar-refractivity contribution is 7.91. The van der Waals surface area contributed by atoms with E-state index in [-0.39, 0.29) is 11.5 Å². The van der Waals surface area contributed by atoms with Crippen LogP contribution in [0, 0.1) is 11.8 Å². The smallest absolute Gasteiger partial charge is 0.150 e. The molecule has 1 N–H and O–H groups in total. The molecule has 18 heavy (non-hydrogen) atoms. The highest BCUT2D eigenvalue weighted by Gasteiger charge is 2.42. The Morgan fingerprint density at radius 3 is 2.33 bits per heavy atom. The zero-order chi connectivity index (χ0) is 13.8. The summed E-state index contributed by atoms with van der Waals surface area (Å²) in [6, 6.07) is 0. The predicted molar refractivity (Wildman–Crippen MR) is 75.3 cm³/mol. The molecule has 0 aromatic rings. The minimum atomic E-state index is -2.89. The van der Waals surface area contributed by atoms with E-state index in [0.29, 0.717) is 24.7 Å². The van der Waals surface area contributed by atoms with Crippen molar-refractivity contribution in [3.8, 4) is 0 Å². The second-order valence-corrected chi connectivity index (χ2v) is 8.62. The molecule has 3 nitrogen and oxygen atoms in total. The lowest BCUT2D eigenvalue weighted by molar-refractivity contribution is -0.00430. The molecule has 1 aliphatic carbocycles. The van der Waals surface area contributed by atoms with E-state index in [1.165, 1.54) is 0 Å². The van der Waals surface area contributed by atoms with Crippen LogP contribution in [0.15, 0.2) is 0 Å². The first-order chi connectivity index (χ1) is 8.29. The van der Waals surface area contributed by atoms with Crippen molar-refractivity contribution < 1.29 is 13.5 Å². The number of rotatable bonds is 9. The van der Waals surface area contributed by atoms with Gasteiger partial charge in [-0.05, 0) is 50.4 Å². The summed E-state index contributed by atoms with van der Waals surface area (Å²) in [6.07, 6.45) is 5.30. The van der Waals surface area contributed by atoms with Crippen molar-refractivity contribution in [2.75, 3.05) is 11.5 Å². The second kappa shape index (κ2) is 6.38. The van der Waals surface area contributed by atoms with Gasteiger partial charge < -0.3 is 5.11 Å². The molecule has 0 aromatic heterocycles. The number of aliphatic hydroxyl groups is 1. The van der Waals surface area contributed by atoms with Crippen LogP contribution < -0.4 is 0 Å². The molecule has 1 atom stereocenters. The zero-order valence-corrected chi connectivity index (χ0v) is 12.8. The van der Waals surface area contributed by atoms with E-state index in [1.807, 2.05) is 0 Å². The molecule has 1 rings (SSSR count). The van der Waals surface area contributed by atoms with E-state index >= 15 is 0 Å². The Hall–Kier alpha value is -0.0900. The van der Waals surface area contributed by atoms with Gasteiger partial charge in [0.15, 0.2) is 0 Å². The minimum absolute atomic E-state index is 0.209. The largest absolute Gasteiger partial charge is 0.390 e. The van der Waals surface area contributed by atoms with Crippen LogP contribution in [0.1, 0.15) is 59.3 Å². The van der Waals surface area contributed by atoms with Crippen LogP contribution in [-0.4, -0.2) is 30.6 Å².